The van der Waals surface area contributed by atoms with Gasteiger partial charge >= 0.3 is 204 Å². The van der Waals surface area contributed by atoms with E-state index in [0.29, 0.717) is 0 Å². The van der Waals surface area contributed by atoms with Crippen LogP contribution in [0.3, 0.4) is 0 Å². The van der Waals surface area contributed by atoms with E-state index in [4.69, 9.17) is 0 Å². The number of aliphatic hydroxyl groups excluding tert-OH is 2. The molecule has 0 spiro atoms. The van der Waals surface area contributed by atoms with Crippen molar-refractivity contribution in [1.82, 2.24) is 0 Å². The van der Waals surface area contributed by atoms with Crippen molar-refractivity contribution in [2.24, 2.45) is 0 Å². The Morgan fingerprint density at radius 1 is 0.531 bits per heavy atom. The molecule has 2 nitrogen and oxygen atoms in total. The summed E-state index contributed by atoms with van der Waals surface area (Å²) in [6.07, 6.45) is -1.09. The Morgan fingerprint density at radius 3 is 1.16 bits per heavy atom. The first-order valence-electron chi connectivity index (χ1n) is 10.9. The van der Waals surface area contributed by atoms with Gasteiger partial charge in [-0.1, -0.05) is 0 Å². The second-order valence-electron chi connectivity index (χ2n) is 8.83. The summed E-state index contributed by atoms with van der Waals surface area (Å²) in [5, 5.41) is 22.3. The third-order valence-electron chi connectivity index (χ3n) is 6.06. The van der Waals surface area contributed by atoms with Crippen molar-refractivity contribution >= 4 is 29.0 Å². The van der Waals surface area contributed by atoms with Crippen molar-refractivity contribution < 1.29 is 10.2 Å². The SMILES string of the molecule is Cc1cc(C)c(C(O)c2ccc(-c3ccc(C(O)c4c(C)cc(C)cc4C)[se]3)[se]2)c(C)c1. The van der Waals surface area contributed by atoms with Gasteiger partial charge in [0, 0.05) is 0 Å². The zero-order valence-corrected chi connectivity index (χ0v) is 22.9. The van der Waals surface area contributed by atoms with E-state index in [1.165, 1.54) is 20.0 Å². The first kappa shape index (κ1) is 23.5. The molecule has 0 saturated heterocycles. The standard InChI is InChI=1S/C28H30O2Se2/c1-15-11-17(3)25(18(4)12-15)27(29)23-9-7-21(31-23)22-8-10-24(32-22)28(30)26-19(5)13-16(2)14-20(26)6/h7-14,27-30H,1-6H3. The second kappa shape index (κ2) is 9.31. The number of aryl methyl sites for hydroxylation is 6. The van der Waals surface area contributed by atoms with Crippen LogP contribution in [0.1, 0.15) is 65.6 Å². The third-order valence-corrected chi connectivity index (χ3v) is 11.6. The van der Waals surface area contributed by atoms with Crippen molar-refractivity contribution in [2.75, 3.05) is 0 Å². The fraction of sp³-hybridized carbons (Fsp3) is 0.286. The Bertz CT molecular complexity index is 1130. The van der Waals surface area contributed by atoms with Crippen LogP contribution >= 0.6 is 0 Å². The topological polar surface area (TPSA) is 40.5 Å². The van der Waals surface area contributed by atoms with Gasteiger partial charge in [0.15, 0.2) is 0 Å². The van der Waals surface area contributed by atoms with Crippen molar-refractivity contribution in [3.05, 3.63) is 102 Å². The quantitative estimate of drug-likeness (QED) is 0.320. The van der Waals surface area contributed by atoms with Gasteiger partial charge in [0.1, 0.15) is 0 Å². The molecule has 0 saturated carbocycles. The molecule has 2 atom stereocenters. The normalized spacial score (nSPS) is 13.4. The maximum absolute atomic E-state index is 11.2. The summed E-state index contributed by atoms with van der Waals surface area (Å²) in [5.74, 6) is 0. The molecule has 0 fully saturated rings. The molecule has 0 aliphatic heterocycles. The Morgan fingerprint density at radius 2 is 0.844 bits per heavy atom. The van der Waals surface area contributed by atoms with Crippen molar-refractivity contribution in [3.63, 3.8) is 0 Å². The van der Waals surface area contributed by atoms with Gasteiger partial charge in [-0.25, -0.2) is 0 Å². The monoisotopic (exact) mass is 558 g/mol. The zero-order chi connectivity index (χ0) is 23.2. The molecule has 32 heavy (non-hydrogen) atoms. The van der Waals surface area contributed by atoms with Crippen LogP contribution in [0.15, 0.2) is 48.5 Å². The second-order valence-corrected chi connectivity index (χ2v) is 13.5. The summed E-state index contributed by atoms with van der Waals surface area (Å²) >= 11 is 0.196. The third kappa shape index (κ3) is 4.54. The van der Waals surface area contributed by atoms with Gasteiger partial charge in [-0.15, -0.1) is 0 Å². The average Bonchev–Trinajstić information content (AvgIpc) is 3.36. The molecule has 2 N–H and O–H groups in total. The van der Waals surface area contributed by atoms with E-state index in [-0.39, 0.29) is 29.0 Å². The molecule has 2 unspecified atom stereocenters. The molecule has 0 aliphatic rings. The van der Waals surface area contributed by atoms with E-state index in [2.05, 4.69) is 90.1 Å². The molecule has 2 aromatic heterocycles. The molecule has 4 aromatic rings. The van der Waals surface area contributed by atoms with Gasteiger partial charge in [-0.05, 0) is 0 Å². The molecule has 4 rings (SSSR count). The molecule has 2 aromatic carbocycles. The van der Waals surface area contributed by atoms with E-state index < -0.39 is 12.2 Å². The molecular formula is C28H30O2Se2. The van der Waals surface area contributed by atoms with Gasteiger partial charge in [0.2, 0.25) is 0 Å². The van der Waals surface area contributed by atoms with Crippen molar-refractivity contribution in [3.8, 4) is 8.87 Å². The summed E-state index contributed by atoms with van der Waals surface area (Å²) in [6.45, 7) is 12.5. The van der Waals surface area contributed by atoms with Crippen LogP contribution in [0.5, 0.6) is 0 Å². The average molecular weight is 556 g/mol. The minimum absolute atomic E-state index is 0.0979. The number of benzene rings is 2. The predicted octanol–water partition coefficient (Wildman–Crippen LogP) is 5.48. The number of hydrogen-bond acceptors (Lipinski definition) is 2. The van der Waals surface area contributed by atoms with Crippen molar-refractivity contribution in [2.45, 2.75) is 53.8 Å². The van der Waals surface area contributed by atoms with E-state index in [1.54, 1.807) is 0 Å². The van der Waals surface area contributed by atoms with Crippen LogP contribution < -0.4 is 0 Å². The Labute approximate surface area is 203 Å². The van der Waals surface area contributed by atoms with E-state index in [1.807, 2.05) is 0 Å². The van der Waals surface area contributed by atoms with Gasteiger partial charge in [0.25, 0.3) is 0 Å². The first-order chi connectivity index (χ1) is 15.2. The Hall–Kier alpha value is -1.64. The van der Waals surface area contributed by atoms with E-state index in [0.717, 1.165) is 42.3 Å². The molecule has 0 radical (unpaired) electrons. The fourth-order valence-electron chi connectivity index (χ4n) is 4.79. The zero-order valence-electron chi connectivity index (χ0n) is 19.5. The molecule has 0 bridgehead atoms. The maximum atomic E-state index is 11.2. The number of hydrogen-bond donors (Lipinski definition) is 2. The van der Waals surface area contributed by atoms with Crippen LogP contribution in [0.25, 0.3) is 8.87 Å². The van der Waals surface area contributed by atoms with Crippen LogP contribution in [0.4, 0.5) is 0 Å². The molecule has 166 valence electrons. The van der Waals surface area contributed by atoms with E-state index in [9.17, 15) is 10.2 Å². The Kier molecular flexibility index (Phi) is 6.84. The predicted molar refractivity (Wildman–Crippen MR) is 135 cm³/mol. The summed E-state index contributed by atoms with van der Waals surface area (Å²) in [7, 11) is 0. The van der Waals surface area contributed by atoms with Crippen molar-refractivity contribution in [1.29, 1.82) is 0 Å². The van der Waals surface area contributed by atoms with Crippen LogP contribution in [-0.4, -0.2) is 39.2 Å². The number of rotatable bonds is 5. The first-order valence-corrected chi connectivity index (χ1v) is 14.3. The van der Waals surface area contributed by atoms with Gasteiger partial charge < -0.3 is 0 Å². The molecule has 4 heteroatoms. The Balaban J connectivity index is 1.62. The molecule has 0 amide bonds. The van der Waals surface area contributed by atoms with Crippen LogP contribution in [0.2, 0.25) is 0 Å². The van der Waals surface area contributed by atoms with Gasteiger partial charge in [-0.2, -0.15) is 0 Å². The summed E-state index contributed by atoms with van der Waals surface area (Å²) < 4.78 is 4.87. The molecule has 0 aliphatic carbocycles. The summed E-state index contributed by atoms with van der Waals surface area (Å²) in [4.78, 5) is 0. The van der Waals surface area contributed by atoms with Crippen LogP contribution in [0, 0.1) is 41.5 Å². The molecular weight excluding hydrogens is 526 g/mol. The van der Waals surface area contributed by atoms with Gasteiger partial charge in [-0.3, -0.25) is 0 Å². The van der Waals surface area contributed by atoms with Gasteiger partial charge in [0.05, 0.1) is 0 Å². The summed E-state index contributed by atoms with van der Waals surface area (Å²) in [6, 6.07) is 17.2. The molecule has 2 heterocycles. The van der Waals surface area contributed by atoms with E-state index >= 15 is 0 Å². The number of aliphatic hydroxyl groups is 2. The minimum atomic E-state index is -0.547. The fourth-order valence-corrected chi connectivity index (χ4v) is 9.58. The van der Waals surface area contributed by atoms with Crippen LogP contribution in [-0.2, 0) is 0 Å². The summed E-state index contributed by atoms with van der Waals surface area (Å²) in [5.41, 5.74) is 9.17.